The highest BCUT2D eigenvalue weighted by Gasteiger charge is 2.33. The minimum absolute atomic E-state index is 0.0491. The van der Waals surface area contributed by atoms with Gasteiger partial charge in [0, 0.05) is 18.7 Å². The first-order valence-electron chi connectivity index (χ1n) is 10.4. The first-order valence-corrected chi connectivity index (χ1v) is 10.4. The molecule has 0 saturated carbocycles. The Bertz CT molecular complexity index is 1120. The molecule has 0 amide bonds. The van der Waals surface area contributed by atoms with Crippen LogP contribution in [0, 0.1) is 15.9 Å². The summed E-state index contributed by atoms with van der Waals surface area (Å²) in [6.07, 6.45) is -5.15. The molecule has 34 heavy (non-hydrogen) atoms. The summed E-state index contributed by atoms with van der Waals surface area (Å²) >= 11 is 0. The van der Waals surface area contributed by atoms with E-state index in [1.165, 1.54) is 54.6 Å². The van der Waals surface area contributed by atoms with Crippen LogP contribution in [0.15, 0.2) is 66.7 Å². The number of nitrogens with one attached hydrogen (secondary N) is 1. The summed E-state index contributed by atoms with van der Waals surface area (Å²) < 4.78 is 59.6. The zero-order valence-corrected chi connectivity index (χ0v) is 17.9. The van der Waals surface area contributed by atoms with Gasteiger partial charge in [-0.15, -0.1) is 0 Å². The molecule has 0 aliphatic carbocycles. The van der Waals surface area contributed by atoms with Gasteiger partial charge < -0.3 is 15.2 Å². The van der Waals surface area contributed by atoms with Crippen molar-refractivity contribution in [3.05, 3.63) is 93.8 Å². The van der Waals surface area contributed by atoms with Gasteiger partial charge in [0.15, 0.2) is 0 Å². The van der Waals surface area contributed by atoms with Gasteiger partial charge in [0.05, 0.1) is 10.5 Å². The smallest absolute Gasteiger partial charge is 0.417 e. The Balaban J connectivity index is 1.48. The molecule has 0 heterocycles. The number of non-ortho nitro benzene ring substituents is 1. The third-order valence-electron chi connectivity index (χ3n) is 5.04. The highest BCUT2D eigenvalue weighted by molar-refractivity contribution is 5.68. The zero-order chi connectivity index (χ0) is 24.7. The number of aliphatic hydroxyl groups excluding tert-OH is 1. The second-order valence-electron chi connectivity index (χ2n) is 7.52. The lowest BCUT2D eigenvalue weighted by molar-refractivity contribution is -0.384. The lowest BCUT2D eigenvalue weighted by atomic mass is 9.97. The van der Waals surface area contributed by atoms with Crippen molar-refractivity contribution >= 4 is 5.69 Å². The zero-order valence-electron chi connectivity index (χ0n) is 17.9. The molecule has 0 saturated heterocycles. The number of ether oxygens (including phenoxy) is 1. The van der Waals surface area contributed by atoms with Crippen molar-refractivity contribution in [3.63, 3.8) is 0 Å². The third kappa shape index (κ3) is 6.75. The van der Waals surface area contributed by atoms with Crippen LogP contribution >= 0.6 is 0 Å². The Morgan fingerprint density at radius 1 is 1.06 bits per heavy atom. The van der Waals surface area contributed by atoms with E-state index in [1.807, 2.05) is 0 Å². The Hall–Kier alpha value is -3.50. The monoisotopic (exact) mass is 478 g/mol. The third-order valence-corrected chi connectivity index (χ3v) is 5.04. The fourth-order valence-electron chi connectivity index (χ4n) is 3.31. The van der Waals surface area contributed by atoms with Crippen LogP contribution in [-0.4, -0.2) is 35.8 Å². The topological polar surface area (TPSA) is 84.6 Å². The van der Waals surface area contributed by atoms with Gasteiger partial charge in [0.25, 0.3) is 5.69 Å². The molecule has 1 atom stereocenters. The van der Waals surface area contributed by atoms with Crippen molar-refractivity contribution in [2.24, 2.45) is 0 Å². The van der Waals surface area contributed by atoms with E-state index in [9.17, 15) is 32.8 Å². The minimum atomic E-state index is -4.54. The number of hydrogen-bond acceptors (Lipinski definition) is 5. The molecular weight excluding hydrogens is 456 g/mol. The number of aliphatic hydroxyl groups is 1. The van der Waals surface area contributed by atoms with Gasteiger partial charge in [-0.25, -0.2) is 4.39 Å². The number of alkyl halides is 3. The summed E-state index contributed by atoms with van der Waals surface area (Å²) in [7, 11) is 0. The first kappa shape index (κ1) is 25.1. The first-order chi connectivity index (χ1) is 16.1. The second kappa shape index (κ2) is 11.1. The molecule has 0 bridgehead atoms. The second-order valence-corrected chi connectivity index (χ2v) is 7.52. The maximum Gasteiger partial charge on any atom is 0.417 e. The van der Waals surface area contributed by atoms with Crippen LogP contribution in [0.3, 0.4) is 0 Å². The van der Waals surface area contributed by atoms with E-state index in [0.717, 1.165) is 12.1 Å². The van der Waals surface area contributed by atoms with E-state index in [4.69, 9.17) is 4.74 Å². The largest absolute Gasteiger partial charge is 0.491 e. The van der Waals surface area contributed by atoms with Crippen molar-refractivity contribution in [2.75, 3.05) is 19.7 Å². The number of hydrogen-bond donors (Lipinski definition) is 2. The van der Waals surface area contributed by atoms with E-state index in [1.54, 1.807) is 0 Å². The average Bonchev–Trinajstić information content (AvgIpc) is 2.81. The van der Waals surface area contributed by atoms with Crippen LogP contribution in [0.25, 0.3) is 11.1 Å². The molecule has 10 heteroatoms. The normalized spacial score (nSPS) is 12.4. The van der Waals surface area contributed by atoms with Gasteiger partial charge in [0.1, 0.15) is 24.3 Å². The Morgan fingerprint density at radius 2 is 1.76 bits per heavy atom. The number of nitrogens with zero attached hydrogens (tertiary/aromatic N) is 1. The van der Waals surface area contributed by atoms with Crippen LogP contribution in [0.2, 0.25) is 0 Å². The Labute approximate surface area is 193 Å². The molecule has 2 N–H and O–H groups in total. The molecule has 3 aromatic rings. The van der Waals surface area contributed by atoms with Crippen molar-refractivity contribution in [3.8, 4) is 16.9 Å². The lowest BCUT2D eigenvalue weighted by Gasteiger charge is -2.14. The molecule has 0 aliphatic heterocycles. The molecule has 0 spiro atoms. The summed E-state index contributed by atoms with van der Waals surface area (Å²) in [5.41, 5.74) is -0.513. The molecule has 0 aliphatic rings. The quantitative estimate of drug-likeness (QED) is 0.186. The Morgan fingerprint density at radius 3 is 2.41 bits per heavy atom. The molecule has 0 radical (unpaired) electrons. The number of nitro benzene ring substituents is 1. The van der Waals surface area contributed by atoms with Crippen molar-refractivity contribution < 1.29 is 32.3 Å². The number of rotatable bonds is 10. The highest BCUT2D eigenvalue weighted by Crippen LogP contribution is 2.37. The van der Waals surface area contributed by atoms with Gasteiger partial charge in [-0.05, 0) is 53.9 Å². The van der Waals surface area contributed by atoms with E-state index >= 15 is 0 Å². The van der Waals surface area contributed by atoms with Crippen molar-refractivity contribution in [2.45, 2.75) is 18.7 Å². The summed E-state index contributed by atoms with van der Waals surface area (Å²) in [6, 6.07) is 14.5. The molecule has 6 nitrogen and oxygen atoms in total. The van der Waals surface area contributed by atoms with E-state index in [2.05, 4.69) is 5.32 Å². The standard InChI is InChI=1S/C24H22F4N2O4/c25-23-13-17(21-3-1-2-4-22(21)24(26,27)28)6-5-16(23)11-12-29-14-19(31)15-34-20-9-7-18(8-10-20)30(32)33/h1-10,13,19,29,31H,11-12,14-15H2. The molecule has 0 fully saturated rings. The van der Waals surface area contributed by atoms with Crippen LogP contribution < -0.4 is 10.1 Å². The predicted octanol–water partition coefficient (Wildman–Crippen LogP) is 4.99. The number of benzene rings is 3. The molecule has 3 aromatic carbocycles. The van der Waals surface area contributed by atoms with Gasteiger partial charge in [-0.1, -0.05) is 30.3 Å². The summed E-state index contributed by atoms with van der Waals surface area (Å²) in [5.74, 6) is -0.239. The summed E-state index contributed by atoms with van der Waals surface area (Å²) in [4.78, 5) is 10.1. The highest BCUT2D eigenvalue weighted by atomic mass is 19.4. The molecule has 0 aromatic heterocycles. The number of halogens is 4. The van der Waals surface area contributed by atoms with Crippen molar-refractivity contribution in [1.82, 2.24) is 5.32 Å². The van der Waals surface area contributed by atoms with Crippen LogP contribution in [0.1, 0.15) is 11.1 Å². The van der Waals surface area contributed by atoms with Gasteiger partial charge >= 0.3 is 6.18 Å². The molecular formula is C24H22F4N2O4. The number of nitro groups is 1. The van der Waals surface area contributed by atoms with E-state index < -0.39 is 28.6 Å². The van der Waals surface area contributed by atoms with Crippen LogP contribution in [-0.2, 0) is 12.6 Å². The Kier molecular flexibility index (Phi) is 8.19. The average molecular weight is 478 g/mol. The maximum absolute atomic E-state index is 14.5. The van der Waals surface area contributed by atoms with Gasteiger partial charge in [-0.3, -0.25) is 10.1 Å². The van der Waals surface area contributed by atoms with Crippen molar-refractivity contribution in [1.29, 1.82) is 0 Å². The lowest BCUT2D eigenvalue weighted by Crippen LogP contribution is -2.32. The maximum atomic E-state index is 14.5. The molecule has 3 rings (SSSR count). The van der Waals surface area contributed by atoms with E-state index in [0.29, 0.717) is 17.9 Å². The fourth-order valence-corrected chi connectivity index (χ4v) is 3.31. The van der Waals surface area contributed by atoms with E-state index in [-0.39, 0.29) is 36.4 Å². The van der Waals surface area contributed by atoms with Gasteiger partial charge in [-0.2, -0.15) is 13.2 Å². The SMILES string of the molecule is O=[N+]([O-])c1ccc(OCC(O)CNCCc2ccc(-c3ccccc3C(F)(F)F)cc2F)cc1. The summed E-state index contributed by atoms with van der Waals surface area (Å²) in [5, 5.41) is 23.6. The summed E-state index contributed by atoms with van der Waals surface area (Å²) in [6.45, 7) is 0.433. The minimum Gasteiger partial charge on any atom is -0.491 e. The fraction of sp³-hybridized carbons (Fsp3) is 0.250. The van der Waals surface area contributed by atoms with Gasteiger partial charge in [0.2, 0.25) is 0 Å². The predicted molar refractivity (Wildman–Crippen MR) is 118 cm³/mol. The molecule has 1 unspecified atom stereocenters. The van der Waals surface area contributed by atoms with Crippen LogP contribution in [0.5, 0.6) is 5.75 Å². The molecule has 180 valence electrons. The van der Waals surface area contributed by atoms with Crippen LogP contribution in [0.4, 0.5) is 23.2 Å².